The monoisotopic (exact) mass is 756 g/mol. The van der Waals surface area contributed by atoms with Gasteiger partial charge in [-0.15, -0.1) is 0 Å². The molecule has 10 nitrogen and oxygen atoms in total. The Labute approximate surface area is 320 Å². The lowest BCUT2D eigenvalue weighted by molar-refractivity contribution is -0.697. The van der Waals surface area contributed by atoms with Crippen molar-refractivity contribution in [2.45, 2.75) is 66.8 Å². The summed E-state index contributed by atoms with van der Waals surface area (Å²) in [4.78, 5) is 25.1. The lowest BCUT2D eigenvalue weighted by Crippen LogP contribution is -2.35. The number of pyridine rings is 1. The standard InChI is InChI=1S/C18H18O4.C16H21N2O.C7H8O3S.C2H6/c1-11-5-7-15(8-6-11)18(20)22-17-10-9-16(21-14(4)19)12(2)13(17)3;1-14-4-6-16(7-5-14)19-13-12-18-10-8-15(9-11-18)17(2)3;1-6-2-4-7(5-3-6)11(8,9)10;1-2/h5-10H,1-4H3;4-11H,12-13H2,1-3H3;2-5H,1H3,(H,8,9,10);1-2H3/q;+1;;/p-1. The Balaban J connectivity index is 0.000000287. The number of aryl methyl sites for hydroxylation is 3. The van der Waals surface area contributed by atoms with Gasteiger partial charge in [0.15, 0.2) is 18.9 Å². The van der Waals surface area contributed by atoms with E-state index in [2.05, 4.69) is 53.0 Å². The topological polar surface area (TPSA) is 126 Å². The second kappa shape index (κ2) is 21.9. The van der Waals surface area contributed by atoms with Gasteiger partial charge in [-0.2, -0.15) is 0 Å². The van der Waals surface area contributed by atoms with E-state index in [4.69, 9.17) is 14.2 Å². The molecule has 0 unspecified atom stereocenters. The minimum Gasteiger partial charge on any atom is -0.744 e. The first-order valence-electron chi connectivity index (χ1n) is 17.5. The van der Waals surface area contributed by atoms with E-state index in [1.54, 1.807) is 36.4 Å². The smallest absolute Gasteiger partial charge is 0.343 e. The van der Waals surface area contributed by atoms with Crippen LogP contribution in [0, 0.1) is 34.6 Å². The second-order valence-corrected chi connectivity index (χ2v) is 13.7. The van der Waals surface area contributed by atoms with Crippen molar-refractivity contribution in [2.24, 2.45) is 0 Å². The number of anilines is 1. The summed E-state index contributed by atoms with van der Waals surface area (Å²) in [7, 11) is -0.186. The van der Waals surface area contributed by atoms with Crippen molar-refractivity contribution in [3.05, 3.63) is 143 Å². The Hall–Kier alpha value is -5.52. The van der Waals surface area contributed by atoms with Gasteiger partial charge in [0.05, 0.1) is 10.5 Å². The number of nitrogens with zero attached hydrogens (tertiary/aromatic N) is 2. The lowest BCUT2D eigenvalue weighted by atomic mass is 10.1. The predicted octanol–water partition coefficient (Wildman–Crippen LogP) is 8.11. The minimum absolute atomic E-state index is 0.178. The summed E-state index contributed by atoms with van der Waals surface area (Å²) >= 11 is 0. The van der Waals surface area contributed by atoms with Crippen LogP contribution in [-0.4, -0.2) is 45.6 Å². The van der Waals surface area contributed by atoms with Crippen molar-refractivity contribution >= 4 is 27.7 Å². The zero-order chi connectivity index (χ0) is 40.4. The number of ether oxygens (including phenoxy) is 3. The van der Waals surface area contributed by atoms with E-state index in [1.807, 2.05) is 79.9 Å². The Kier molecular flexibility index (Phi) is 18.1. The normalized spacial score (nSPS) is 10.2. The maximum absolute atomic E-state index is 12.1. The highest BCUT2D eigenvalue weighted by Gasteiger charge is 2.14. The van der Waals surface area contributed by atoms with Crippen molar-refractivity contribution < 1.29 is 41.3 Å². The second-order valence-electron chi connectivity index (χ2n) is 12.3. The van der Waals surface area contributed by atoms with Crippen LogP contribution in [0.3, 0.4) is 0 Å². The molecule has 1 aromatic heterocycles. The van der Waals surface area contributed by atoms with Gasteiger partial charge < -0.3 is 23.7 Å². The van der Waals surface area contributed by atoms with Crippen LogP contribution in [0.4, 0.5) is 5.69 Å². The van der Waals surface area contributed by atoms with Crippen LogP contribution >= 0.6 is 0 Å². The van der Waals surface area contributed by atoms with Crippen molar-refractivity contribution in [1.82, 2.24) is 0 Å². The number of carbonyl (C=O) groups excluding carboxylic acids is 2. The molecule has 5 aromatic rings. The molecule has 5 rings (SSSR count). The van der Waals surface area contributed by atoms with Crippen LogP contribution in [-0.2, 0) is 21.5 Å². The molecule has 4 aromatic carbocycles. The van der Waals surface area contributed by atoms with Gasteiger partial charge in [0.25, 0.3) is 0 Å². The Morgan fingerprint density at radius 1 is 0.667 bits per heavy atom. The fourth-order valence-corrected chi connectivity index (χ4v) is 4.97. The summed E-state index contributed by atoms with van der Waals surface area (Å²) in [6.45, 7) is 16.4. The summed E-state index contributed by atoms with van der Waals surface area (Å²) in [6, 6.07) is 28.6. The lowest BCUT2D eigenvalue weighted by Gasteiger charge is -2.13. The van der Waals surface area contributed by atoms with Gasteiger partial charge in [-0.3, -0.25) is 4.79 Å². The molecule has 0 spiro atoms. The van der Waals surface area contributed by atoms with Crippen LogP contribution in [0.25, 0.3) is 0 Å². The first-order valence-corrected chi connectivity index (χ1v) is 18.9. The molecule has 54 heavy (non-hydrogen) atoms. The number of hydrogen-bond donors (Lipinski definition) is 0. The van der Waals surface area contributed by atoms with E-state index < -0.39 is 16.1 Å². The first kappa shape index (κ1) is 44.6. The largest absolute Gasteiger partial charge is 0.744 e. The zero-order valence-electron chi connectivity index (χ0n) is 32.9. The molecule has 0 fully saturated rings. The van der Waals surface area contributed by atoms with Crippen molar-refractivity contribution in [1.29, 1.82) is 0 Å². The minimum atomic E-state index is -4.27. The van der Waals surface area contributed by atoms with Crippen LogP contribution in [0.2, 0.25) is 0 Å². The molecule has 0 atom stereocenters. The SMILES string of the molecule is CC.CC(=O)Oc1ccc(OC(=O)c2ccc(C)cc2)c(C)c1C.Cc1ccc(OCC[n+]2ccc(N(C)C)cc2)cc1.Cc1ccc(S(=O)(=O)[O-])cc1. The number of hydrogen-bond acceptors (Lipinski definition) is 9. The quantitative estimate of drug-likeness (QED) is 0.0635. The molecule has 0 aliphatic carbocycles. The third kappa shape index (κ3) is 15.2. The molecule has 1 heterocycles. The Bertz CT molecular complexity index is 2030. The fourth-order valence-electron chi connectivity index (χ4n) is 4.50. The molecule has 0 saturated heterocycles. The van der Waals surface area contributed by atoms with Gasteiger partial charge in [0.2, 0.25) is 0 Å². The fraction of sp³-hybridized carbons (Fsp3) is 0.279. The van der Waals surface area contributed by atoms with Gasteiger partial charge >= 0.3 is 11.9 Å². The molecule has 0 bridgehead atoms. The van der Waals surface area contributed by atoms with E-state index in [-0.39, 0.29) is 10.9 Å². The van der Waals surface area contributed by atoms with Crippen molar-refractivity contribution in [3.8, 4) is 17.2 Å². The number of carbonyl (C=O) groups is 2. The van der Waals surface area contributed by atoms with Gasteiger partial charge in [-0.25, -0.2) is 17.8 Å². The predicted molar refractivity (Wildman–Crippen MR) is 211 cm³/mol. The molecule has 0 N–H and O–H groups in total. The van der Waals surface area contributed by atoms with Crippen molar-refractivity contribution in [2.75, 3.05) is 25.6 Å². The van der Waals surface area contributed by atoms with E-state index in [0.717, 1.165) is 34.5 Å². The van der Waals surface area contributed by atoms with Crippen LogP contribution in [0.5, 0.6) is 17.2 Å². The van der Waals surface area contributed by atoms with Gasteiger partial charge in [0.1, 0.15) is 34.0 Å². The molecule has 0 saturated carbocycles. The first-order chi connectivity index (χ1) is 25.5. The van der Waals surface area contributed by atoms with Crippen LogP contribution < -0.4 is 23.7 Å². The molecular formula is C43H52N2O8S. The zero-order valence-corrected chi connectivity index (χ0v) is 33.7. The Morgan fingerprint density at radius 3 is 1.56 bits per heavy atom. The number of benzene rings is 4. The van der Waals surface area contributed by atoms with Gasteiger partial charge in [-0.1, -0.05) is 66.9 Å². The average molecular weight is 757 g/mol. The molecule has 0 aliphatic heterocycles. The third-order valence-electron chi connectivity index (χ3n) is 7.77. The Morgan fingerprint density at radius 2 is 1.11 bits per heavy atom. The van der Waals surface area contributed by atoms with Gasteiger partial charge in [-0.05, 0) is 94.3 Å². The maximum Gasteiger partial charge on any atom is 0.343 e. The van der Waals surface area contributed by atoms with E-state index in [1.165, 1.54) is 30.3 Å². The highest BCUT2D eigenvalue weighted by Crippen LogP contribution is 2.30. The molecule has 0 radical (unpaired) electrons. The molecule has 0 aliphatic rings. The van der Waals surface area contributed by atoms with Crippen LogP contribution in [0.1, 0.15) is 58.9 Å². The highest BCUT2D eigenvalue weighted by molar-refractivity contribution is 7.85. The third-order valence-corrected chi connectivity index (χ3v) is 8.62. The summed E-state index contributed by atoms with van der Waals surface area (Å²) in [5.41, 5.74) is 6.48. The van der Waals surface area contributed by atoms with Crippen LogP contribution in [0.15, 0.2) is 114 Å². The van der Waals surface area contributed by atoms with E-state index in [0.29, 0.717) is 23.7 Å². The molecule has 288 valence electrons. The van der Waals surface area contributed by atoms with E-state index >= 15 is 0 Å². The maximum atomic E-state index is 12.1. The number of esters is 2. The summed E-state index contributed by atoms with van der Waals surface area (Å²) < 4.78 is 49.5. The van der Waals surface area contributed by atoms with Crippen molar-refractivity contribution in [3.63, 3.8) is 0 Å². The van der Waals surface area contributed by atoms with E-state index in [9.17, 15) is 22.6 Å². The number of aromatic nitrogens is 1. The van der Waals surface area contributed by atoms with Gasteiger partial charge in [0, 0.05) is 38.8 Å². The molecule has 0 amide bonds. The summed E-state index contributed by atoms with van der Waals surface area (Å²) in [6.07, 6.45) is 4.15. The number of rotatable bonds is 9. The summed E-state index contributed by atoms with van der Waals surface area (Å²) in [5, 5.41) is 0. The molecular weight excluding hydrogens is 705 g/mol. The average Bonchev–Trinajstić information content (AvgIpc) is 3.14. The molecule has 11 heteroatoms. The summed E-state index contributed by atoms with van der Waals surface area (Å²) in [5.74, 6) is 1.06. The highest BCUT2D eigenvalue weighted by atomic mass is 32.2.